The molecule has 2 atom stereocenters. The normalized spacial score (nSPS) is 18.2. The number of nitrogens with zero attached hydrogens (tertiary/aromatic N) is 1. The summed E-state index contributed by atoms with van der Waals surface area (Å²) in [7, 11) is 0. The van der Waals surface area contributed by atoms with Gasteiger partial charge < -0.3 is 15.1 Å². The molecule has 2 unspecified atom stereocenters. The molecule has 3 rings (SSSR count). The number of rotatable bonds is 4. The first kappa shape index (κ1) is 17.5. The summed E-state index contributed by atoms with van der Waals surface area (Å²) >= 11 is 0. The summed E-state index contributed by atoms with van der Waals surface area (Å²) in [6.45, 7) is 2.82. The third kappa shape index (κ3) is 2.71. The van der Waals surface area contributed by atoms with E-state index in [9.17, 15) is 23.8 Å². The van der Waals surface area contributed by atoms with Crippen molar-refractivity contribution < 1.29 is 23.8 Å². The monoisotopic (exact) mass is 347 g/mol. The van der Waals surface area contributed by atoms with Crippen LogP contribution in [0.2, 0.25) is 0 Å². The lowest BCUT2D eigenvalue weighted by molar-refractivity contribution is -0.123. The van der Waals surface area contributed by atoms with Gasteiger partial charge in [0.2, 0.25) is 5.91 Å². The largest absolute Gasteiger partial charge is 0.394 e. The summed E-state index contributed by atoms with van der Waals surface area (Å²) in [6.07, 6.45) is -1.43. The predicted octanol–water partition coefficient (Wildman–Crippen LogP) is 2.68. The molecule has 4 nitrogen and oxygen atoms in total. The number of benzene rings is 2. The Morgan fingerprint density at radius 2 is 1.84 bits per heavy atom. The zero-order valence-electron chi connectivity index (χ0n) is 13.9. The molecule has 1 aliphatic heterocycles. The summed E-state index contributed by atoms with van der Waals surface area (Å²) in [5, 5.41) is 19.8. The van der Waals surface area contributed by atoms with Crippen LogP contribution in [0.1, 0.15) is 31.0 Å². The van der Waals surface area contributed by atoms with E-state index in [4.69, 9.17) is 0 Å². The number of carbonyl (C=O) groups excluding carboxylic acids is 1. The maximum Gasteiger partial charge on any atom is 0.237 e. The van der Waals surface area contributed by atoms with Crippen LogP contribution in [0.25, 0.3) is 0 Å². The molecule has 0 spiro atoms. The van der Waals surface area contributed by atoms with Crippen molar-refractivity contribution in [2.24, 2.45) is 0 Å². The fourth-order valence-corrected chi connectivity index (χ4v) is 3.37. The highest BCUT2D eigenvalue weighted by Crippen LogP contribution is 2.46. The van der Waals surface area contributed by atoms with Crippen LogP contribution in [-0.2, 0) is 10.2 Å². The summed E-state index contributed by atoms with van der Waals surface area (Å²) in [5.74, 6) is -1.96. The van der Waals surface area contributed by atoms with Gasteiger partial charge in [0, 0.05) is 17.3 Å². The van der Waals surface area contributed by atoms with Gasteiger partial charge in [-0.15, -0.1) is 0 Å². The lowest BCUT2D eigenvalue weighted by atomic mass is 9.86. The van der Waals surface area contributed by atoms with Gasteiger partial charge in [-0.3, -0.25) is 4.79 Å². The van der Waals surface area contributed by atoms with Gasteiger partial charge in [-0.1, -0.05) is 24.3 Å². The van der Waals surface area contributed by atoms with Gasteiger partial charge in [0.15, 0.2) is 0 Å². The van der Waals surface area contributed by atoms with Crippen molar-refractivity contribution in [3.05, 3.63) is 65.2 Å². The first-order valence-corrected chi connectivity index (χ1v) is 7.96. The Morgan fingerprint density at radius 1 is 1.16 bits per heavy atom. The van der Waals surface area contributed by atoms with Gasteiger partial charge >= 0.3 is 0 Å². The maximum atomic E-state index is 14.4. The number of halogens is 2. The topological polar surface area (TPSA) is 60.8 Å². The van der Waals surface area contributed by atoms with Gasteiger partial charge in [-0.05, 0) is 31.5 Å². The molecule has 0 fully saturated rings. The summed E-state index contributed by atoms with van der Waals surface area (Å²) in [5.41, 5.74) is 0.376. The summed E-state index contributed by atoms with van der Waals surface area (Å²) in [4.78, 5) is 14.3. The fourth-order valence-electron chi connectivity index (χ4n) is 3.37. The molecule has 0 saturated carbocycles. The quantitative estimate of drug-likeness (QED) is 0.894. The Hall–Kier alpha value is -2.31. The van der Waals surface area contributed by atoms with Gasteiger partial charge in [-0.25, -0.2) is 8.78 Å². The van der Waals surface area contributed by atoms with Gasteiger partial charge in [0.1, 0.15) is 17.7 Å². The van der Waals surface area contributed by atoms with Crippen molar-refractivity contribution in [3.63, 3.8) is 0 Å². The van der Waals surface area contributed by atoms with Gasteiger partial charge in [0.25, 0.3) is 0 Å². The highest BCUT2D eigenvalue weighted by Gasteiger charge is 2.48. The molecule has 0 aromatic heterocycles. The van der Waals surface area contributed by atoms with Crippen molar-refractivity contribution in [2.45, 2.75) is 31.4 Å². The third-order valence-corrected chi connectivity index (χ3v) is 4.70. The number of aliphatic hydroxyl groups excluding tert-OH is 2. The van der Waals surface area contributed by atoms with E-state index in [0.29, 0.717) is 11.8 Å². The third-order valence-electron chi connectivity index (χ3n) is 4.70. The van der Waals surface area contributed by atoms with E-state index >= 15 is 0 Å². The Balaban J connectivity index is 2.20. The fraction of sp³-hybridized carbons (Fsp3) is 0.316. The SMILES string of the molecule is CC1(C)C(=O)N(C(c2ccc(F)cc2F)C(O)CO)c2ccccc21. The van der Waals surface area contributed by atoms with E-state index in [2.05, 4.69) is 0 Å². The molecule has 2 aromatic rings. The minimum Gasteiger partial charge on any atom is -0.394 e. The zero-order valence-corrected chi connectivity index (χ0v) is 13.9. The first-order chi connectivity index (χ1) is 11.8. The van der Waals surface area contributed by atoms with Crippen molar-refractivity contribution in [1.29, 1.82) is 0 Å². The van der Waals surface area contributed by atoms with E-state index in [-0.39, 0.29) is 11.5 Å². The van der Waals surface area contributed by atoms with Crippen LogP contribution < -0.4 is 4.90 Å². The maximum absolute atomic E-state index is 14.4. The highest BCUT2D eigenvalue weighted by molar-refractivity contribution is 6.08. The average Bonchev–Trinajstić information content (AvgIpc) is 2.78. The Bertz CT molecular complexity index is 822. The number of carbonyl (C=O) groups is 1. The first-order valence-electron chi connectivity index (χ1n) is 7.96. The predicted molar refractivity (Wildman–Crippen MR) is 89.1 cm³/mol. The molecule has 2 N–H and O–H groups in total. The van der Waals surface area contributed by atoms with Gasteiger partial charge in [-0.2, -0.15) is 0 Å². The van der Waals surface area contributed by atoms with E-state index in [1.165, 1.54) is 11.0 Å². The second kappa shape index (κ2) is 6.20. The molecule has 2 aromatic carbocycles. The number of hydrogen-bond donors (Lipinski definition) is 2. The summed E-state index contributed by atoms with van der Waals surface area (Å²) < 4.78 is 27.7. The standard InChI is InChI=1S/C19H19F2NO3/c1-19(2)13-5-3-4-6-15(13)22(18(19)25)17(16(24)10-23)12-8-7-11(20)9-14(12)21/h3-9,16-17,23-24H,10H2,1-2H3. The van der Waals surface area contributed by atoms with E-state index in [1.54, 1.807) is 38.1 Å². The van der Waals surface area contributed by atoms with Crippen molar-refractivity contribution in [1.82, 2.24) is 0 Å². The Morgan fingerprint density at radius 3 is 2.48 bits per heavy atom. The number of amides is 1. The minimum absolute atomic E-state index is 0.0520. The molecule has 1 aliphatic rings. The van der Waals surface area contributed by atoms with Crippen molar-refractivity contribution in [2.75, 3.05) is 11.5 Å². The Labute approximate surface area is 144 Å². The molecule has 1 heterocycles. The van der Waals surface area contributed by atoms with Crippen LogP contribution in [-0.4, -0.2) is 28.8 Å². The smallest absolute Gasteiger partial charge is 0.237 e. The molecule has 0 bridgehead atoms. The average molecular weight is 347 g/mol. The van der Waals surface area contributed by atoms with Crippen LogP contribution in [0.5, 0.6) is 0 Å². The van der Waals surface area contributed by atoms with Crippen molar-refractivity contribution in [3.8, 4) is 0 Å². The number of aliphatic hydroxyl groups is 2. The minimum atomic E-state index is -1.43. The van der Waals surface area contributed by atoms with Crippen LogP contribution in [0.4, 0.5) is 14.5 Å². The molecule has 0 radical (unpaired) electrons. The molecule has 1 amide bonds. The molecular weight excluding hydrogens is 328 g/mol. The number of hydrogen-bond acceptors (Lipinski definition) is 3. The van der Waals surface area contributed by atoms with E-state index in [0.717, 1.165) is 11.6 Å². The second-order valence-electron chi connectivity index (χ2n) is 6.68. The summed E-state index contributed by atoms with van der Waals surface area (Å²) in [6, 6.07) is 8.84. The van der Waals surface area contributed by atoms with Crippen LogP contribution in [0.15, 0.2) is 42.5 Å². The molecule has 132 valence electrons. The van der Waals surface area contributed by atoms with E-state index < -0.39 is 35.8 Å². The second-order valence-corrected chi connectivity index (χ2v) is 6.68. The van der Waals surface area contributed by atoms with Crippen LogP contribution in [0, 0.1) is 11.6 Å². The van der Waals surface area contributed by atoms with Crippen LogP contribution >= 0.6 is 0 Å². The van der Waals surface area contributed by atoms with Gasteiger partial charge in [0.05, 0.1) is 18.1 Å². The number of para-hydroxylation sites is 1. The van der Waals surface area contributed by atoms with E-state index in [1.807, 2.05) is 0 Å². The molecule has 0 saturated heterocycles. The lowest BCUT2D eigenvalue weighted by Gasteiger charge is -2.33. The molecule has 6 heteroatoms. The lowest BCUT2D eigenvalue weighted by Crippen LogP contribution is -2.44. The Kier molecular flexibility index (Phi) is 4.34. The molecule has 25 heavy (non-hydrogen) atoms. The zero-order chi connectivity index (χ0) is 18.4. The molecular formula is C19H19F2NO3. The number of anilines is 1. The highest BCUT2D eigenvalue weighted by atomic mass is 19.1. The van der Waals surface area contributed by atoms with Crippen molar-refractivity contribution >= 4 is 11.6 Å². The van der Waals surface area contributed by atoms with Crippen LogP contribution in [0.3, 0.4) is 0 Å². The number of fused-ring (bicyclic) bond motifs is 1. The molecule has 0 aliphatic carbocycles.